The molecule has 0 spiro atoms. The van der Waals surface area contributed by atoms with Crippen LogP contribution in [0.5, 0.6) is 10.8 Å². The molecule has 1 heterocycles. The summed E-state index contributed by atoms with van der Waals surface area (Å²) in [5.41, 5.74) is 1.29. The van der Waals surface area contributed by atoms with Crippen LogP contribution < -0.4 is 10.1 Å². The highest BCUT2D eigenvalue weighted by Crippen LogP contribution is 2.43. The largest absolute Gasteiger partial charge is 0.499 e. The molecule has 0 saturated carbocycles. The van der Waals surface area contributed by atoms with Crippen molar-refractivity contribution in [3.63, 3.8) is 0 Å². The maximum Gasteiger partial charge on any atom is 0.219 e. The Morgan fingerprint density at radius 2 is 1.66 bits per heavy atom. The van der Waals surface area contributed by atoms with Crippen molar-refractivity contribution in [3.8, 4) is 10.8 Å². The predicted octanol–water partition coefficient (Wildman–Crippen LogP) is 2.27. The lowest BCUT2D eigenvalue weighted by Gasteiger charge is -2.33. The van der Waals surface area contributed by atoms with Crippen LogP contribution in [0.1, 0.15) is 29.0 Å². The van der Waals surface area contributed by atoms with Gasteiger partial charge in [-0.2, -0.15) is 0 Å². The van der Waals surface area contributed by atoms with Crippen molar-refractivity contribution in [1.82, 2.24) is 5.32 Å². The number of aliphatic hydroxyl groups is 4. The SMILES string of the molecule is Cc1c(O)sc(C(Oc2cccc3ccccc23)C(O)(O)CNC(C)(O)O)c1C. The van der Waals surface area contributed by atoms with Crippen molar-refractivity contribution in [2.45, 2.75) is 38.6 Å². The van der Waals surface area contributed by atoms with Gasteiger partial charge in [-0.25, -0.2) is 0 Å². The van der Waals surface area contributed by atoms with E-state index in [1.807, 2.05) is 30.3 Å². The number of fused-ring (bicyclic) bond motifs is 1. The van der Waals surface area contributed by atoms with E-state index in [2.05, 4.69) is 5.32 Å². The molecule has 8 heteroatoms. The average molecular weight is 419 g/mol. The van der Waals surface area contributed by atoms with Gasteiger partial charge in [-0.05, 0) is 30.9 Å². The number of aromatic hydroxyl groups is 1. The van der Waals surface area contributed by atoms with Gasteiger partial charge in [-0.3, -0.25) is 5.32 Å². The number of rotatable bonds is 7. The lowest BCUT2D eigenvalue weighted by molar-refractivity contribution is -0.240. The van der Waals surface area contributed by atoms with E-state index in [9.17, 15) is 25.5 Å². The molecule has 6 N–H and O–H groups in total. The molecular formula is C21H25NO6S. The topological polar surface area (TPSA) is 122 Å². The normalized spacial score (nSPS) is 13.6. The molecule has 1 atom stereocenters. The van der Waals surface area contributed by atoms with Gasteiger partial charge in [-0.1, -0.05) is 47.7 Å². The van der Waals surface area contributed by atoms with Crippen LogP contribution in [0.4, 0.5) is 0 Å². The predicted molar refractivity (Wildman–Crippen MR) is 111 cm³/mol. The first-order chi connectivity index (χ1) is 13.5. The Labute approximate surface area is 172 Å². The minimum atomic E-state index is -2.52. The molecule has 1 unspecified atom stereocenters. The van der Waals surface area contributed by atoms with Gasteiger partial charge in [0.05, 0.1) is 11.4 Å². The quantitative estimate of drug-likeness (QED) is 0.325. The van der Waals surface area contributed by atoms with Gasteiger partial charge in [0, 0.05) is 17.9 Å². The maximum atomic E-state index is 10.8. The van der Waals surface area contributed by atoms with Gasteiger partial charge in [0.15, 0.2) is 11.2 Å². The number of nitrogens with one attached hydrogen (secondary N) is 1. The summed E-state index contributed by atoms with van der Waals surface area (Å²) < 4.78 is 6.09. The van der Waals surface area contributed by atoms with E-state index in [1.165, 1.54) is 0 Å². The second-order valence-corrected chi connectivity index (χ2v) is 8.28. The molecule has 0 aliphatic carbocycles. The van der Waals surface area contributed by atoms with Crippen LogP contribution in [0.15, 0.2) is 42.5 Å². The van der Waals surface area contributed by atoms with E-state index < -0.39 is 24.3 Å². The molecular weight excluding hydrogens is 394 g/mol. The summed E-state index contributed by atoms with van der Waals surface area (Å²) in [7, 11) is 0. The van der Waals surface area contributed by atoms with Gasteiger partial charge < -0.3 is 30.3 Å². The Morgan fingerprint density at radius 1 is 1.00 bits per heavy atom. The van der Waals surface area contributed by atoms with E-state index in [-0.39, 0.29) is 5.06 Å². The van der Waals surface area contributed by atoms with Gasteiger partial charge >= 0.3 is 0 Å². The van der Waals surface area contributed by atoms with Crippen molar-refractivity contribution in [2.75, 3.05) is 6.54 Å². The molecule has 0 bridgehead atoms. The van der Waals surface area contributed by atoms with E-state index in [0.29, 0.717) is 21.8 Å². The standard InChI is InChI=1S/C21H25NO6S/c1-12-13(2)19(23)29-17(12)18(21(26,27)11-22-20(3,24)25)28-16-10-6-8-14-7-4-5-9-15(14)16/h4-10,18,22-27H,11H2,1-3H3. The highest BCUT2D eigenvalue weighted by atomic mass is 32.1. The molecule has 156 valence electrons. The van der Waals surface area contributed by atoms with Crippen LogP contribution in [0, 0.1) is 13.8 Å². The molecule has 0 amide bonds. The fraction of sp³-hybridized carbons (Fsp3) is 0.333. The summed E-state index contributed by atoms with van der Waals surface area (Å²) in [6, 6.07) is 13.0. The fourth-order valence-electron chi connectivity index (χ4n) is 3.03. The zero-order chi connectivity index (χ0) is 21.4. The zero-order valence-electron chi connectivity index (χ0n) is 16.4. The molecule has 0 aliphatic heterocycles. The fourth-order valence-corrected chi connectivity index (χ4v) is 4.19. The second-order valence-electron chi connectivity index (χ2n) is 7.25. The lowest BCUT2D eigenvalue weighted by atomic mass is 10.0. The van der Waals surface area contributed by atoms with Gasteiger partial charge in [0.1, 0.15) is 5.75 Å². The van der Waals surface area contributed by atoms with Crippen molar-refractivity contribution < 1.29 is 30.3 Å². The Kier molecular flexibility index (Phi) is 5.86. The summed E-state index contributed by atoms with van der Waals surface area (Å²) in [6.45, 7) is 3.96. The van der Waals surface area contributed by atoms with E-state index in [0.717, 1.165) is 29.0 Å². The first kappa shape index (κ1) is 21.5. The Hall–Kier alpha value is -2.20. The zero-order valence-corrected chi connectivity index (χ0v) is 17.2. The van der Waals surface area contributed by atoms with Crippen molar-refractivity contribution in [2.24, 2.45) is 0 Å². The Bertz CT molecular complexity index is 1000. The van der Waals surface area contributed by atoms with Crippen molar-refractivity contribution >= 4 is 22.1 Å². The number of thiophene rings is 1. The molecule has 0 radical (unpaired) electrons. The van der Waals surface area contributed by atoms with E-state index in [4.69, 9.17) is 4.74 Å². The molecule has 7 nitrogen and oxygen atoms in total. The summed E-state index contributed by atoms with van der Waals surface area (Å²) in [4.78, 5) is 0.428. The van der Waals surface area contributed by atoms with Crippen LogP contribution in [0.3, 0.4) is 0 Å². The average Bonchev–Trinajstić information content (AvgIpc) is 2.91. The molecule has 3 aromatic rings. The summed E-state index contributed by atoms with van der Waals surface area (Å²) >= 11 is 0.992. The number of hydrogen-bond donors (Lipinski definition) is 6. The monoisotopic (exact) mass is 419 g/mol. The first-order valence-corrected chi connectivity index (χ1v) is 9.89. The highest BCUT2D eigenvalue weighted by Gasteiger charge is 2.42. The third-order valence-corrected chi connectivity index (χ3v) is 6.04. The minimum Gasteiger partial charge on any atom is -0.499 e. The summed E-state index contributed by atoms with van der Waals surface area (Å²) in [5, 5.41) is 54.8. The van der Waals surface area contributed by atoms with Crippen molar-refractivity contribution in [3.05, 3.63) is 58.5 Å². The van der Waals surface area contributed by atoms with E-state index >= 15 is 0 Å². The van der Waals surface area contributed by atoms with E-state index in [1.54, 1.807) is 26.0 Å². The summed E-state index contributed by atoms with van der Waals surface area (Å²) in [6.07, 6.45) is -1.30. The lowest BCUT2D eigenvalue weighted by Crippen LogP contribution is -2.54. The maximum absolute atomic E-state index is 10.8. The Balaban J connectivity index is 2.06. The minimum absolute atomic E-state index is 0.0573. The molecule has 2 aromatic carbocycles. The van der Waals surface area contributed by atoms with Gasteiger partial charge in [0.25, 0.3) is 0 Å². The molecule has 0 saturated heterocycles. The van der Waals surface area contributed by atoms with Crippen LogP contribution >= 0.6 is 11.3 Å². The Morgan fingerprint density at radius 3 is 2.28 bits per heavy atom. The summed E-state index contributed by atoms with van der Waals surface area (Å²) in [5.74, 6) is -4.39. The van der Waals surface area contributed by atoms with Crippen LogP contribution in [0.25, 0.3) is 10.8 Å². The number of benzene rings is 2. The highest BCUT2D eigenvalue weighted by molar-refractivity contribution is 7.14. The van der Waals surface area contributed by atoms with Crippen LogP contribution in [-0.2, 0) is 0 Å². The van der Waals surface area contributed by atoms with Gasteiger partial charge in [0.2, 0.25) is 11.7 Å². The smallest absolute Gasteiger partial charge is 0.219 e. The first-order valence-electron chi connectivity index (χ1n) is 9.07. The number of hydrogen-bond acceptors (Lipinski definition) is 8. The molecule has 0 fully saturated rings. The molecule has 1 aromatic heterocycles. The number of ether oxygens (including phenoxy) is 1. The third kappa shape index (κ3) is 4.69. The molecule has 0 aliphatic rings. The molecule has 29 heavy (non-hydrogen) atoms. The second kappa shape index (κ2) is 7.91. The van der Waals surface area contributed by atoms with Gasteiger partial charge in [-0.15, -0.1) is 0 Å². The van der Waals surface area contributed by atoms with Crippen LogP contribution in [-0.4, -0.2) is 43.8 Å². The van der Waals surface area contributed by atoms with Crippen molar-refractivity contribution in [1.29, 1.82) is 0 Å². The molecule has 3 rings (SSSR count). The third-order valence-electron chi connectivity index (χ3n) is 4.80. The van der Waals surface area contributed by atoms with Crippen LogP contribution in [0.2, 0.25) is 0 Å².